The molecule has 5 nitrogen and oxygen atoms in total. The Bertz CT molecular complexity index is 954. The van der Waals surface area contributed by atoms with Crippen molar-refractivity contribution >= 4 is 23.1 Å². The van der Waals surface area contributed by atoms with E-state index in [1.165, 1.54) is 11.3 Å². The monoisotopic (exact) mass is 359 g/mol. The van der Waals surface area contributed by atoms with Crippen LogP contribution in [0.4, 0.5) is 17.2 Å². The predicted octanol–water partition coefficient (Wildman–Crippen LogP) is 4.43. The molecule has 0 unspecified atom stereocenters. The van der Waals surface area contributed by atoms with Crippen LogP contribution in [0.1, 0.15) is 22.3 Å². The van der Waals surface area contributed by atoms with Crippen molar-refractivity contribution in [2.75, 3.05) is 23.9 Å². The number of nitrogens with one attached hydrogen (secondary N) is 1. The van der Waals surface area contributed by atoms with Crippen molar-refractivity contribution in [3.05, 3.63) is 78.0 Å². The third kappa shape index (κ3) is 3.62. The number of para-hydroxylation sites is 1. The van der Waals surface area contributed by atoms with Gasteiger partial charge in [0.1, 0.15) is 11.6 Å². The maximum Gasteiger partial charge on any atom is 0.256 e. The molecule has 5 heteroatoms. The highest BCUT2D eigenvalue weighted by Crippen LogP contribution is 2.33. The van der Waals surface area contributed by atoms with Crippen LogP contribution in [0.15, 0.2) is 66.9 Å². The zero-order valence-corrected chi connectivity index (χ0v) is 15.2. The van der Waals surface area contributed by atoms with Crippen LogP contribution in [0.2, 0.25) is 0 Å². The molecule has 0 spiro atoms. The molecule has 2 heterocycles. The van der Waals surface area contributed by atoms with Crippen molar-refractivity contribution in [2.45, 2.75) is 12.8 Å². The molecule has 0 aliphatic carbocycles. The second-order valence-electron chi connectivity index (χ2n) is 6.47. The summed E-state index contributed by atoms with van der Waals surface area (Å²) < 4.78 is 5.17. The van der Waals surface area contributed by atoms with E-state index in [1.807, 2.05) is 18.3 Å². The van der Waals surface area contributed by atoms with E-state index < -0.39 is 0 Å². The van der Waals surface area contributed by atoms with Gasteiger partial charge in [0.05, 0.1) is 19.0 Å². The fourth-order valence-corrected chi connectivity index (χ4v) is 3.37. The molecule has 0 atom stereocenters. The van der Waals surface area contributed by atoms with Crippen LogP contribution in [-0.4, -0.2) is 24.5 Å². The minimum Gasteiger partial charge on any atom is -0.497 e. The molecule has 1 aliphatic rings. The first-order valence-corrected chi connectivity index (χ1v) is 9.01. The number of aryl methyl sites for hydroxylation is 1. The minimum absolute atomic E-state index is 0.211. The largest absolute Gasteiger partial charge is 0.497 e. The predicted molar refractivity (Wildman–Crippen MR) is 107 cm³/mol. The van der Waals surface area contributed by atoms with E-state index in [-0.39, 0.29) is 5.91 Å². The number of benzene rings is 2. The number of hydrogen-bond acceptors (Lipinski definition) is 4. The lowest BCUT2D eigenvalue weighted by atomic mass is 10.0. The summed E-state index contributed by atoms with van der Waals surface area (Å²) >= 11 is 0. The van der Waals surface area contributed by atoms with Gasteiger partial charge in [-0.2, -0.15) is 0 Å². The van der Waals surface area contributed by atoms with E-state index in [0.29, 0.717) is 17.1 Å². The van der Waals surface area contributed by atoms with Crippen molar-refractivity contribution < 1.29 is 9.53 Å². The van der Waals surface area contributed by atoms with E-state index in [1.54, 1.807) is 31.4 Å². The molecule has 0 fully saturated rings. The van der Waals surface area contributed by atoms with Gasteiger partial charge in [-0.05, 0) is 54.8 Å². The Morgan fingerprint density at radius 3 is 2.81 bits per heavy atom. The SMILES string of the molecule is COc1cccc(C(=O)Nc2ccc(N3CCCc4ccccc43)cn2)c1. The third-order valence-electron chi connectivity index (χ3n) is 4.74. The number of methoxy groups -OCH3 is 1. The molecule has 0 radical (unpaired) electrons. The van der Waals surface area contributed by atoms with Crippen LogP contribution in [0.5, 0.6) is 5.75 Å². The van der Waals surface area contributed by atoms with Crippen LogP contribution in [-0.2, 0) is 6.42 Å². The number of amides is 1. The van der Waals surface area contributed by atoms with Crippen molar-refractivity contribution in [1.82, 2.24) is 4.98 Å². The molecule has 1 aliphatic heterocycles. The number of carbonyl (C=O) groups is 1. The van der Waals surface area contributed by atoms with Gasteiger partial charge in [0.15, 0.2) is 0 Å². The summed E-state index contributed by atoms with van der Waals surface area (Å²) in [5.41, 5.74) is 4.16. The molecule has 0 saturated carbocycles. The summed E-state index contributed by atoms with van der Waals surface area (Å²) in [4.78, 5) is 19.1. The van der Waals surface area contributed by atoms with Crippen molar-refractivity contribution in [1.29, 1.82) is 0 Å². The van der Waals surface area contributed by atoms with E-state index in [0.717, 1.165) is 25.1 Å². The first-order valence-electron chi connectivity index (χ1n) is 9.01. The number of aromatic nitrogens is 1. The molecule has 0 saturated heterocycles. The number of rotatable bonds is 4. The van der Waals surface area contributed by atoms with E-state index in [2.05, 4.69) is 39.5 Å². The molecular formula is C22H21N3O2. The third-order valence-corrected chi connectivity index (χ3v) is 4.74. The van der Waals surface area contributed by atoms with Crippen LogP contribution < -0.4 is 15.0 Å². The van der Waals surface area contributed by atoms with Crippen LogP contribution >= 0.6 is 0 Å². The fourth-order valence-electron chi connectivity index (χ4n) is 3.37. The Morgan fingerprint density at radius 1 is 1.11 bits per heavy atom. The second kappa shape index (κ2) is 7.50. The molecule has 4 rings (SSSR count). The zero-order valence-electron chi connectivity index (χ0n) is 15.2. The minimum atomic E-state index is -0.211. The number of hydrogen-bond donors (Lipinski definition) is 1. The van der Waals surface area contributed by atoms with Gasteiger partial charge >= 0.3 is 0 Å². The van der Waals surface area contributed by atoms with E-state index in [4.69, 9.17) is 4.74 Å². The number of ether oxygens (including phenoxy) is 1. The van der Waals surface area contributed by atoms with Crippen LogP contribution in [0.25, 0.3) is 0 Å². The summed E-state index contributed by atoms with van der Waals surface area (Å²) in [5.74, 6) is 0.962. The highest BCUT2D eigenvalue weighted by molar-refractivity contribution is 6.04. The molecule has 3 aromatic rings. The molecule has 1 amide bonds. The van der Waals surface area contributed by atoms with E-state index >= 15 is 0 Å². The van der Waals surface area contributed by atoms with Crippen LogP contribution in [0.3, 0.4) is 0 Å². The summed E-state index contributed by atoms with van der Waals surface area (Å²) in [7, 11) is 1.58. The van der Waals surface area contributed by atoms with Gasteiger partial charge in [-0.3, -0.25) is 4.79 Å². The number of pyridine rings is 1. The Labute approximate surface area is 158 Å². The zero-order chi connectivity index (χ0) is 18.6. The summed E-state index contributed by atoms with van der Waals surface area (Å²) in [6.07, 6.45) is 4.03. The normalized spacial score (nSPS) is 13.0. The molecule has 136 valence electrons. The van der Waals surface area contributed by atoms with Crippen LogP contribution in [0, 0.1) is 0 Å². The summed E-state index contributed by atoms with van der Waals surface area (Å²) in [5, 5.41) is 2.83. The van der Waals surface area contributed by atoms with Gasteiger partial charge in [0, 0.05) is 17.8 Å². The quantitative estimate of drug-likeness (QED) is 0.749. The smallest absolute Gasteiger partial charge is 0.256 e. The molecule has 1 aromatic heterocycles. The topological polar surface area (TPSA) is 54.5 Å². The Hall–Kier alpha value is -3.34. The average molecular weight is 359 g/mol. The summed E-state index contributed by atoms with van der Waals surface area (Å²) in [6, 6.07) is 19.3. The highest BCUT2D eigenvalue weighted by Gasteiger charge is 2.18. The molecule has 27 heavy (non-hydrogen) atoms. The van der Waals surface area contributed by atoms with Gasteiger partial charge in [-0.25, -0.2) is 4.98 Å². The fraction of sp³-hybridized carbons (Fsp3) is 0.182. The van der Waals surface area contributed by atoms with Gasteiger partial charge in [-0.1, -0.05) is 24.3 Å². The number of nitrogens with zero attached hydrogens (tertiary/aromatic N) is 2. The molecule has 2 aromatic carbocycles. The van der Waals surface area contributed by atoms with Gasteiger partial charge in [0.25, 0.3) is 5.91 Å². The molecule has 0 bridgehead atoms. The van der Waals surface area contributed by atoms with Gasteiger partial charge in [-0.15, -0.1) is 0 Å². The molecular weight excluding hydrogens is 338 g/mol. The van der Waals surface area contributed by atoms with Crippen molar-refractivity contribution in [2.24, 2.45) is 0 Å². The Balaban J connectivity index is 1.50. The lowest BCUT2D eigenvalue weighted by Gasteiger charge is -2.31. The van der Waals surface area contributed by atoms with Crippen molar-refractivity contribution in [3.63, 3.8) is 0 Å². The standard InChI is InChI=1S/C22H21N3O2/c1-27-19-9-4-7-17(14-19)22(26)24-21-12-11-18(15-23-21)25-13-5-8-16-6-2-3-10-20(16)25/h2-4,6-7,9-12,14-15H,5,8,13H2,1H3,(H,23,24,26). The lowest BCUT2D eigenvalue weighted by molar-refractivity contribution is 0.102. The van der Waals surface area contributed by atoms with Crippen molar-refractivity contribution in [3.8, 4) is 5.75 Å². The van der Waals surface area contributed by atoms with E-state index in [9.17, 15) is 4.79 Å². The molecule has 1 N–H and O–H groups in total. The first-order chi connectivity index (χ1) is 13.2. The maximum atomic E-state index is 12.4. The average Bonchev–Trinajstić information content (AvgIpc) is 2.74. The number of fused-ring (bicyclic) bond motifs is 1. The summed E-state index contributed by atoms with van der Waals surface area (Å²) in [6.45, 7) is 0.966. The Morgan fingerprint density at radius 2 is 2.00 bits per heavy atom. The number of carbonyl (C=O) groups excluding carboxylic acids is 1. The maximum absolute atomic E-state index is 12.4. The first kappa shape index (κ1) is 17.1. The number of anilines is 3. The van der Waals surface area contributed by atoms with Gasteiger partial charge in [0.2, 0.25) is 0 Å². The second-order valence-corrected chi connectivity index (χ2v) is 6.47. The highest BCUT2D eigenvalue weighted by atomic mass is 16.5. The Kier molecular flexibility index (Phi) is 4.75. The lowest BCUT2D eigenvalue weighted by Crippen LogP contribution is -2.24. The van der Waals surface area contributed by atoms with Gasteiger partial charge < -0.3 is 15.0 Å².